The van der Waals surface area contributed by atoms with Crippen LogP contribution in [0.3, 0.4) is 0 Å². The number of thioether (sulfide) groups is 1. The number of rotatable bonds is 5. The average molecular weight is 472 g/mol. The third-order valence-corrected chi connectivity index (χ3v) is 7.16. The number of guanidine groups is 1. The van der Waals surface area contributed by atoms with Crippen LogP contribution < -0.4 is 11.1 Å². The van der Waals surface area contributed by atoms with E-state index < -0.39 is 18.2 Å². The van der Waals surface area contributed by atoms with Crippen LogP contribution in [0.4, 0.5) is 4.79 Å². The molecule has 33 heavy (non-hydrogen) atoms. The summed E-state index contributed by atoms with van der Waals surface area (Å²) < 4.78 is 5.79. The van der Waals surface area contributed by atoms with E-state index in [1.165, 1.54) is 16.7 Å². The highest BCUT2D eigenvalue weighted by Crippen LogP contribution is 2.29. The SMILES string of the molecule is CN1C(=O)NC(=O)C2C1N=C(N1CCC(C(N)=O)CC1)N2CCSc1nc2ccccc2o1. The highest BCUT2D eigenvalue weighted by Gasteiger charge is 2.49. The minimum absolute atomic E-state index is 0.152. The van der Waals surface area contributed by atoms with E-state index in [4.69, 9.17) is 15.1 Å². The Kier molecular flexibility index (Phi) is 5.60. The molecule has 2 atom stereocenters. The zero-order chi connectivity index (χ0) is 23.1. The van der Waals surface area contributed by atoms with Crippen molar-refractivity contribution in [3.63, 3.8) is 0 Å². The Labute approximate surface area is 194 Å². The van der Waals surface area contributed by atoms with Gasteiger partial charge in [0.2, 0.25) is 5.91 Å². The number of piperidine rings is 1. The van der Waals surface area contributed by atoms with Gasteiger partial charge in [0.25, 0.3) is 11.1 Å². The highest BCUT2D eigenvalue weighted by atomic mass is 32.2. The van der Waals surface area contributed by atoms with Gasteiger partial charge < -0.3 is 24.9 Å². The van der Waals surface area contributed by atoms with Crippen LogP contribution >= 0.6 is 11.8 Å². The van der Waals surface area contributed by atoms with Crippen molar-refractivity contribution < 1.29 is 18.8 Å². The number of nitrogens with two attached hydrogens (primary N) is 1. The van der Waals surface area contributed by atoms with Crippen molar-refractivity contribution in [3.8, 4) is 0 Å². The molecule has 1 aromatic carbocycles. The quantitative estimate of drug-likeness (QED) is 0.607. The number of urea groups is 1. The molecule has 5 rings (SSSR count). The first kappa shape index (κ1) is 21.6. The number of likely N-dealkylation sites (N-methyl/N-ethyl adjacent to an activating group) is 1. The van der Waals surface area contributed by atoms with E-state index in [-0.39, 0.29) is 17.7 Å². The summed E-state index contributed by atoms with van der Waals surface area (Å²) in [4.78, 5) is 51.2. The lowest BCUT2D eigenvalue weighted by molar-refractivity contribution is -0.127. The standard InChI is InChI=1S/C21H25N7O4S/c1-26-17-15(18(30)25-20(26)31)28(19(24-17)27-8-6-12(7-9-27)16(22)29)10-11-33-21-23-13-4-2-3-5-14(13)32-21/h2-5,12,15,17H,6-11H2,1H3,(H2,22,29)(H,25,30,31). The van der Waals surface area contributed by atoms with Gasteiger partial charge in [-0.25, -0.2) is 14.8 Å². The van der Waals surface area contributed by atoms with Crippen LogP contribution in [0.1, 0.15) is 12.8 Å². The number of amides is 4. The molecular formula is C21H25N7O4S. The number of aromatic nitrogens is 1. The maximum atomic E-state index is 12.8. The highest BCUT2D eigenvalue weighted by molar-refractivity contribution is 7.99. The van der Waals surface area contributed by atoms with E-state index in [0.29, 0.717) is 49.4 Å². The average Bonchev–Trinajstić information content (AvgIpc) is 3.39. The van der Waals surface area contributed by atoms with Gasteiger partial charge in [-0.2, -0.15) is 0 Å². The molecule has 3 N–H and O–H groups in total. The van der Waals surface area contributed by atoms with Crippen LogP contribution in [0, 0.1) is 5.92 Å². The molecule has 0 bridgehead atoms. The van der Waals surface area contributed by atoms with Gasteiger partial charge in [0, 0.05) is 38.4 Å². The van der Waals surface area contributed by atoms with Gasteiger partial charge in [-0.15, -0.1) is 0 Å². The second-order valence-electron chi connectivity index (χ2n) is 8.35. The lowest BCUT2D eigenvalue weighted by Gasteiger charge is -2.39. The van der Waals surface area contributed by atoms with E-state index >= 15 is 0 Å². The van der Waals surface area contributed by atoms with E-state index in [0.717, 1.165) is 11.1 Å². The molecule has 3 aliphatic heterocycles. The molecule has 4 heterocycles. The number of hydrogen-bond donors (Lipinski definition) is 2. The summed E-state index contributed by atoms with van der Waals surface area (Å²) in [5.41, 5.74) is 7.00. The fraction of sp³-hybridized carbons (Fsp3) is 0.476. The lowest BCUT2D eigenvalue weighted by atomic mass is 9.96. The van der Waals surface area contributed by atoms with Gasteiger partial charge in [0.15, 0.2) is 23.8 Å². The molecule has 1 aromatic heterocycles. The topological polar surface area (TPSA) is 137 Å². The van der Waals surface area contributed by atoms with Crippen LogP contribution in [-0.4, -0.2) is 88.1 Å². The normalized spacial score (nSPS) is 23.7. The number of imide groups is 1. The van der Waals surface area contributed by atoms with E-state index in [2.05, 4.69) is 15.2 Å². The molecule has 0 saturated carbocycles. The fourth-order valence-electron chi connectivity index (χ4n) is 4.52. The van der Waals surface area contributed by atoms with Crippen molar-refractivity contribution in [2.45, 2.75) is 30.3 Å². The smallest absolute Gasteiger partial charge is 0.325 e. The summed E-state index contributed by atoms with van der Waals surface area (Å²) >= 11 is 1.46. The molecule has 0 spiro atoms. The van der Waals surface area contributed by atoms with Gasteiger partial charge in [0.05, 0.1) is 0 Å². The van der Waals surface area contributed by atoms with Crippen molar-refractivity contribution >= 4 is 46.7 Å². The van der Waals surface area contributed by atoms with Crippen LogP contribution in [0.2, 0.25) is 0 Å². The summed E-state index contributed by atoms with van der Waals surface area (Å²) in [5, 5.41) is 2.98. The molecule has 174 valence electrons. The van der Waals surface area contributed by atoms with Crippen LogP contribution in [0.15, 0.2) is 38.9 Å². The second-order valence-corrected chi connectivity index (χ2v) is 9.39. The zero-order valence-corrected chi connectivity index (χ0v) is 19.0. The Balaban J connectivity index is 1.33. The number of oxazole rings is 1. The number of benzene rings is 1. The number of carbonyl (C=O) groups excluding carboxylic acids is 3. The molecule has 2 unspecified atom stereocenters. The molecule has 0 radical (unpaired) electrons. The molecule has 3 aliphatic rings. The number of likely N-dealkylation sites (tertiary alicyclic amines) is 1. The van der Waals surface area contributed by atoms with Gasteiger partial charge >= 0.3 is 6.03 Å². The summed E-state index contributed by atoms with van der Waals surface area (Å²) in [6, 6.07) is 6.51. The van der Waals surface area contributed by atoms with E-state index in [1.54, 1.807) is 7.05 Å². The summed E-state index contributed by atoms with van der Waals surface area (Å²) in [7, 11) is 1.64. The molecule has 12 heteroatoms. The van der Waals surface area contributed by atoms with Gasteiger partial charge in [-0.05, 0) is 25.0 Å². The van der Waals surface area contributed by atoms with Gasteiger partial charge in [-0.3, -0.25) is 14.9 Å². The van der Waals surface area contributed by atoms with Crippen molar-refractivity contribution in [1.82, 2.24) is 25.0 Å². The number of carbonyl (C=O) groups is 3. The Hall–Kier alpha value is -3.28. The minimum atomic E-state index is -0.610. The molecule has 11 nitrogen and oxygen atoms in total. The van der Waals surface area contributed by atoms with Gasteiger partial charge in [-0.1, -0.05) is 23.9 Å². The summed E-state index contributed by atoms with van der Waals surface area (Å²) in [5.74, 6) is 0.482. The minimum Gasteiger partial charge on any atom is -0.431 e. The molecule has 4 amide bonds. The van der Waals surface area contributed by atoms with Crippen molar-refractivity contribution in [1.29, 1.82) is 0 Å². The number of hydrogen-bond acceptors (Lipinski definition) is 9. The Bertz CT molecular complexity index is 1090. The van der Waals surface area contributed by atoms with Crippen molar-refractivity contribution in [2.75, 3.05) is 32.4 Å². The van der Waals surface area contributed by atoms with Crippen molar-refractivity contribution in [2.24, 2.45) is 16.6 Å². The first-order chi connectivity index (χ1) is 15.9. The van der Waals surface area contributed by atoms with E-state index in [9.17, 15) is 14.4 Å². The fourth-order valence-corrected chi connectivity index (χ4v) is 5.30. The maximum Gasteiger partial charge on any atom is 0.325 e. The van der Waals surface area contributed by atoms with Gasteiger partial charge in [0.1, 0.15) is 5.52 Å². The third-order valence-electron chi connectivity index (χ3n) is 6.35. The Morgan fingerprint density at radius 1 is 1.27 bits per heavy atom. The predicted octanol–water partition coefficient (Wildman–Crippen LogP) is 0.665. The maximum absolute atomic E-state index is 12.8. The Morgan fingerprint density at radius 2 is 2.03 bits per heavy atom. The molecule has 0 aliphatic carbocycles. The lowest BCUT2D eigenvalue weighted by Crippen LogP contribution is -2.64. The largest absolute Gasteiger partial charge is 0.431 e. The van der Waals surface area contributed by atoms with Crippen LogP contribution in [0.5, 0.6) is 0 Å². The summed E-state index contributed by atoms with van der Waals surface area (Å²) in [6.45, 7) is 1.73. The predicted molar refractivity (Wildman–Crippen MR) is 121 cm³/mol. The molecular weight excluding hydrogens is 446 g/mol. The van der Waals surface area contributed by atoms with E-state index in [1.807, 2.05) is 29.2 Å². The number of primary amides is 1. The van der Waals surface area contributed by atoms with Crippen LogP contribution in [-0.2, 0) is 9.59 Å². The third kappa shape index (κ3) is 3.99. The number of nitrogens with zero attached hydrogens (tertiary/aromatic N) is 5. The number of para-hydroxylation sites is 2. The monoisotopic (exact) mass is 471 g/mol. The number of aliphatic imine (C=N–C) groups is 1. The zero-order valence-electron chi connectivity index (χ0n) is 18.1. The molecule has 2 aromatic rings. The molecule has 2 saturated heterocycles. The molecule has 2 fully saturated rings. The number of nitrogens with one attached hydrogen (secondary N) is 1. The Morgan fingerprint density at radius 3 is 2.76 bits per heavy atom. The first-order valence-electron chi connectivity index (χ1n) is 10.9. The van der Waals surface area contributed by atoms with Crippen LogP contribution in [0.25, 0.3) is 11.1 Å². The number of fused-ring (bicyclic) bond motifs is 2. The summed E-state index contributed by atoms with van der Waals surface area (Å²) in [6.07, 6.45) is 0.677. The second kappa shape index (κ2) is 8.58. The van der Waals surface area contributed by atoms with Crippen molar-refractivity contribution in [3.05, 3.63) is 24.3 Å². The first-order valence-corrected chi connectivity index (χ1v) is 11.9.